The summed E-state index contributed by atoms with van der Waals surface area (Å²) in [6.07, 6.45) is 21.6. The molecule has 0 radical (unpaired) electrons. The van der Waals surface area contributed by atoms with Crippen LogP contribution < -0.4 is 9.47 Å². The zero-order chi connectivity index (χ0) is 32.2. The molecular weight excluding hydrogens is 598 g/mol. The Morgan fingerprint density at radius 1 is 0.696 bits per heavy atom. The lowest BCUT2D eigenvalue weighted by atomic mass is 10.0. The fraction of sp³-hybridized carbons (Fsp3) is 0.474. The van der Waals surface area contributed by atoms with Gasteiger partial charge in [0.25, 0.3) is 0 Å². The highest BCUT2D eigenvalue weighted by atomic mass is 32.1. The minimum atomic E-state index is -0.444. The quantitative estimate of drug-likeness (QED) is 0.0369. The molecule has 4 rings (SSSR count). The molecule has 0 aliphatic heterocycles. The average molecular weight is 646 g/mol. The normalized spacial score (nSPS) is 11.4. The van der Waals surface area contributed by atoms with Gasteiger partial charge in [-0.2, -0.15) is 0 Å². The molecule has 1 heterocycles. The third-order valence-corrected chi connectivity index (χ3v) is 8.90. The molecule has 0 fully saturated rings. The van der Waals surface area contributed by atoms with Crippen LogP contribution in [0.1, 0.15) is 120 Å². The number of benzene rings is 3. The van der Waals surface area contributed by atoms with Crippen molar-refractivity contribution in [3.63, 3.8) is 0 Å². The number of esters is 1. The van der Waals surface area contributed by atoms with Gasteiger partial charge < -0.3 is 9.47 Å². The first-order valence-electron chi connectivity index (χ1n) is 17.1. The summed E-state index contributed by atoms with van der Waals surface area (Å²) in [6, 6.07) is 18.2. The van der Waals surface area contributed by atoms with E-state index in [1.807, 2.05) is 12.1 Å². The van der Waals surface area contributed by atoms with Crippen LogP contribution in [0.5, 0.6) is 11.5 Å². The number of carbonyl (C=O) groups excluding carboxylic acids is 1. The largest absolute Gasteiger partial charge is 0.494 e. The lowest BCUT2D eigenvalue weighted by Gasteiger charge is -2.08. The molecule has 246 valence electrons. The predicted molar refractivity (Wildman–Crippen MR) is 187 cm³/mol. The van der Waals surface area contributed by atoms with Crippen LogP contribution in [0.15, 0.2) is 77.0 Å². The monoisotopic (exact) mass is 645 g/mol. The van der Waals surface area contributed by atoms with Crippen molar-refractivity contribution in [2.75, 3.05) is 6.61 Å². The van der Waals surface area contributed by atoms with E-state index in [0.29, 0.717) is 39.0 Å². The number of hydrogen-bond acceptors (Lipinski definition) is 7. The molecule has 1 aromatic heterocycles. The first-order valence-corrected chi connectivity index (χ1v) is 18.0. The molecule has 0 saturated heterocycles. The average Bonchev–Trinajstić information content (AvgIpc) is 3.48. The standard InChI is InChI=1S/C38H48FN3O3S/c1-2-3-4-5-6-7-8-9-10-11-12-13-14-15-16-17-28-44-33-23-18-30(19-24-33)37(43)45-34-25-21-32(22-26-34)41-42-38-40-35-27-20-31(39)29-36(35)46-38/h18-27,29H,2-17,28H2,1H3. The summed E-state index contributed by atoms with van der Waals surface area (Å²) in [6.45, 7) is 2.96. The van der Waals surface area contributed by atoms with E-state index in [0.717, 1.165) is 12.2 Å². The van der Waals surface area contributed by atoms with E-state index < -0.39 is 5.97 Å². The maximum Gasteiger partial charge on any atom is 0.343 e. The highest BCUT2D eigenvalue weighted by molar-refractivity contribution is 7.21. The zero-order valence-corrected chi connectivity index (χ0v) is 28.0. The number of fused-ring (bicyclic) bond motifs is 1. The summed E-state index contributed by atoms with van der Waals surface area (Å²) in [5.41, 5.74) is 1.71. The van der Waals surface area contributed by atoms with Gasteiger partial charge in [-0.25, -0.2) is 14.2 Å². The molecule has 8 heteroatoms. The summed E-state index contributed by atoms with van der Waals surface area (Å²) in [7, 11) is 0. The number of unbranched alkanes of at least 4 members (excludes halogenated alkanes) is 15. The van der Waals surface area contributed by atoms with Gasteiger partial charge in [-0.1, -0.05) is 115 Å². The van der Waals surface area contributed by atoms with E-state index in [9.17, 15) is 9.18 Å². The maximum atomic E-state index is 13.4. The van der Waals surface area contributed by atoms with Crippen LogP contribution in [0.3, 0.4) is 0 Å². The maximum absolute atomic E-state index is 13.4. The van der Waals surface area contributed by atoms with Gasteiger partial charge in [0, 0.05) is 0 Å². The Morgan fingerprint density at radius 2 is 1.26 bits per heavy atom. The van der Waals surface area contributed by atoms with Crippen LogP contribution in [-0.4, -0.2) is 17.6 Å². The Labute approximate surface area is 277 Å². The smallest absolute Gasteiger partial charge is 0.343 e. The summed E-state index contributed by atoms with van der Waals surface area (Å²) in [5.74, 6) is 0.406. The lowest BCUT2D eigenvalue weighted by Crippen LogP contribution is -2.08. The molecule has 0 amide bonds. The molecule has 0 spiro atoms. The van der Waals surface area contributed by atoms with E-state index in [4.69, 9.17) is 9.47 Å². The third-order valence-electron chi connectivity index (χ3n) is 7.99. The number of hydrogen-bond donors (Lipinski definition) is 0. The van der Waals surface area contributed by atoms with Crippen LogP contribution in [0.2, 0.25) is 0 Å². The van der Waals surface area contributed by atoms with Crippen LogP contribution in [0.4, 0.5) is 15.2 Å². The predicted octanol–water partition coefficient (Wildman–Crippen LogP) is 12.7. The lowest BCUT2D eigenvalue weighted by molar-refractivity contribution is 0.0734. The molecule has 6 nitrogen and oxygen atoms in total. The van der Waals surface area contributed by atoms with Gasteiger partial charge in [0.1, 0.15) is 17.3 Å². The van der Waals surface area contributed by atoms with Crippen LogP contribution in [0, 0.1) is 5.82 Å². The molecule has 0 bridgehead atoms. The van der Waals surface area contributed by atoms with Gasteiger partial charge in [-0.15, -0.1) is 10.2 Å². The van der Waals surface area contributed by atoms with E-state index in [-0.39, 0.29) is 5.82 Å². The fourth-order valence-electron chi connectivity index (χ4n) is 5.30. The van der Waals surface area contributed by atoms with Crippen molar-refractivity contribution in [3.05, 3.63) is 78.1 Å². The number of azo groups is 1. The topological polar surface area (TPSA) is 73.1 Å². The molecule has 0 aliphatic rings. The number of nitrogens with zero attached hydrogens (tertiary/aromatic N) is 3. The Kier molecular flexibility index (Phi) is 15.7. The fourth-order valence-corrected chi connectivity index (χ4v) is 6.12. The van der Waals surface area contributed by atoms with Gasteiger partial charge in [0.05, 0.1) is 28.1 Å². The molecule has 0 aliphatic carbocycles. The molecule has 0 atom stereocenters. The molecular formula is C38H48FN3O3S. The first-order chi connectivity index (χ1) is 22.6. The number of thiazole rings is 1. The van der Waals surface area contributed by atoms with Gasteiger partial charge >= 0.3 is 5.97 Å². The van der Waals surface area contributed by atoms with E-state index in [1.165, 1.54) is 120 Å². The van der Waals surface area contributed by atoms with Crippen molar-refractivity contribution < 1.29 is 18.7 Å². The van der Waals surface area contributed by atoms with Crippen molar-refractivity contribution in [1.82, 2.24) is 4.98 Å². The van der Waals surface area contributed by atoms with Crippen molar-refractivity contribution in [1.29, 1.82) is 0 Å². The van der Waals surface area contributed by atoms with Crippen molar-refractivity contribution >= 4 is 38.3 Å². The van der Waals surface area contributed by atoms with Gasteiger partial charge in [-0.3, -0.25) is 0 Å². The van der Waals surface area contributed by atoms with E-state index in [1.54, 1.807) is 42.5 Å². The Bertz CT molecular complexity index is 1470. The van der Waals surface area contributed by atoms with Gasteiger partial charge in [-0.05, 0) is 73.2 Å². The molecule has 4 aromatic rings. The van der Waals surface area contributed by atoms with Gasteiger partial charge in [0.2, 0.25) is 5.13 Å². The van der Waals surface area contributed by atoms with Crippen molar-refractivity contribution in [3.8, 4) is 11.5 Å². The highest BCUT2D eigenvalue weighted by Gasteiger charge is 2.09. The van der Waals surface area contributed by atoms with Crippen LogP contribution in [0.25, 0.3) is 10.2 Å². The summed E-state index contributed by atoms with van der Waals surface area (Å²) in [4.78, 5) is 17.0. The third kappa shape index (κ3) is 13.0. The minimum Gasteiger partial charge on any atom is -0.494 e. The second kappa shape index (κ2) is 20.5. The van der Waals surface area contributed by atoms with E-state index in [2.05, 4.69) is 22.1 Å². The highest BCUT2D eigenvalue weighted by Crippen LogP contribution is 2.30. The summed E-state index contributed by atoms with van der Waals surface area (Å²) in [5, 5.41) is 8.77. The number of rotatable bonds is 22. The SMILES string of the molecule is CCCCCCCCCCCCCCCCCCOc1ccc(C(=O)Oc2ccc(N=Nc3nc4ccc(F)cc4s3)cc2)cc1. The van der Waals surface area contributed by atoms with Crippen molar-refractivity contribution in [2.45, 2.75) is 110 Å². The van der Waals surface area contributed by atoms with E-state index >= 15 is 0 Å². The summed E-state index contributed by atoms with van der Waals surface area (Å²) < 4.78 is 25.5. The number of halogens is 1. The molecule has 0 unspecified atom stereocenters. The number of carbonyl (C=O) groups is 1. The summed E-state index contributed by atoms with van der Waals surface area (Å²) >= 11 is 1.26. The molecule has 3 aromatic carbocycles. The first kappa shape index (κ1) is 35.2. The minimum absolute atomic E-state index is 0.310. The molecule has 46 heavy (non-hydrogen) atoms. The van der Waals surface area contributed by atoms with Gasteiger partial charge in [0.15, 0.2) is 0 Å². The zero-order valence-electron chi connectivity index (χ0n) is 27.2. The number of aromatic nitrogens is 1. The Hall–Kier alpha value is -3.65. The second-order valence-corrected chi connectivity index (χ2v) is 12.9. The molecule has 0 N–H and O–H groups in total. The second-order valence-electron chi connectivity index (χ2n) is 11.9. The molecule has 0 saturated carbocycles. The Balaban J connectivity index is 1.03. The number of ether oxygens (including phenoxy) is 2. The van der Waals surface area contributed by atoms with Crippen LogP contribution in [-0.2, 0) is 0 Å². The van der Waals surface area contributed by atoms with Crippen molar-refractivity contribution in [2.24, 2.45) is 10.2 Å². The Morgan fingerprint density at radius 3 is 1.87 bits per heavy atom. The van der Waals surface area contributed by atoms with Crippen LogP contribution >= 0.6 is 11.3 Å².